The molecule has 2 rings (SSSR count). The van der Waals surface area contributed by atoms with Crippen LogP contribution in [0.4, 0.5) is 0 Å². The molecule has 0 amide bonds. The molecule has 0 aliphatic rings. The van der Waals surface area contributed by atoms with E-state index in [2.05, 4.69) is 6.92 Å². The van der Waals surface area contributed by atoms with Crippen LogP contribution in [-0.2, 0) is 5.60 Å². The van der Waals surface area contributed by atoms with Crippen LogP contribution in [-0.4, -0.2) is 5.11 Å². The molecule has 108 valence electrons. The largest absolute Gasteiger partial charge is 0.380 e. The molecular weight excluding hydrogens is 244 g/mol. The van der Waals surface area contributed by atoms with E-state index in [1.807, 2.05) is 74.5 Å². The van der Waals surface area contributed by atoms with Gasteiger partial charge in [-0.1, -0.05) is 94.3 Å². The lowest BCUT2D eigenvalue weighted by molar-refractivity contribution is 0.0685. The molecule has 0 fully saturated rings. The Bertz CT molecular complexity index is 422. The molecule has 0 bridgehead atoms. The maximum absolute atomic E-state index is 11.1. The Morgan fingerprint density at radius 2 is 1.20 bits per heavy atom. The van der Waals surface area contributed by atoms with Gasteiger partial charge in [-0.3, -0.25) is 0 Å². The molecule has 0 heterocycles. The van der Waals surface area contributed by atoms with E-state index >= 15 is 0 Å². The van der Waals surface area contributed by atoms with E-state index in [-0.39, 0.29) is 0 Å². The first-order valence-corrected chi connectivity index (χ1v) is 7.61. The Morgan fingerprint density at radius 1 is 0.800 bits per heavy atom. The highest BCUT2D eigenvalue weighted by atomic mass is 16.3. The second kappa shape index (κ2) is 8.55. The number of rotatable bonds is 5. The van der Waals surface area contributed by atoms with Gasteiger partial charge in [0, 0.05) is 0 Å². The molecule has 2 aromatic rings. The van der Waals surface area contributed by atoms with Gasteiger partial charge in [0.2, 0.25) is 0 Å². The van der Waals surface area contributed by atoms with E-state index < -0.39 is 5.60 Å². The van der Waals surface area contributed by atoms with Gasteiger partial charge in [0.25, 0.3) is 0 Å². The molecule has 20 heavy (non-hydrogen) atoms. The fourth-order valence-corrected chi connectivity index (χ4v) is 2.32. The summed E-state index contributed by atoms with van der Waals surface area (Å²) in [5, 5.41) is 11.1. The number of aliphatic hydroxyl groups is 1. The van der Waals surface area contributed by atoms with Gasteiger partial charge >= 0.3 is 0 Å². The summed E-state index contributed by atoms with van der Waals surface area (Å²) < 4.78 is 0. The zero-order valence-electron chi connectivity index (χ0n) is 12.8. The minimum Gasteiger partial charge on any atom is -0.380 e. The van der Waals surface area contributed by atoms with E-state index in [0.29, 0.717) is 0 Å². The highest BCUT2D eigenvalue weighted by Crippen LogP contribution is 2.34. The monoisotopic (exact) mass is 270 g/mol. The van der Waals surface area contributed by atoms with Gasteiger partial charge in [-0.05, 0) is 17.5 Å². The van der Waals surface area contributed by atoms with Crippen molar-refractivity contribution in [3.05, 3.63) is 71.8 Å². The van der Waals surface area contributed by atoms with Crippen LogP contribution in [0.3, 0.4) is 0 Å². The molecule has 1 nitrogen and oxygen atoms in total. The van der Waals surface area contributed by atoms with E-state index in [9.17, 15) is 5.11 Å². The zero-order valence-corrected chi connectivity index (χ0v) is 12.8. The lowest BCUT2D eigenvalue weighted by atomic mass is 9.82. The minimum atomic E-state index is -0.863. The third kappa shape index (κ3) is 3.94. The summed E-state index contributed by atoms with van der Waals surface area (Å²) in [5.74, 6) is 0. The smallest absolute Gasteiger partial charge is 0.115 e. The van der Waals surface area contributed by atoms with E-state index in [4.69, 9.17) is 0 Å². The summed E-state index contributed by atoms with van der Waals surface area (Å²) in [6.07, 6.45) is 2.86. The summed E-state index contributed by atoms with van der Waals surface area (Å²) in [5.41, 5.74) is 1.09. The van der Waals surface area contributed by atoms with Gasteiger partial charge in [-0.25, -0.2) is 0 Å². The first kappa shape index (κ1) is 16.5. The fraction of sp³-hybridized carbons (Fsp3) is 0.368. The topological polar surface area (TPSA) is 20.2 Å². The lowest BCUT2D eigenvalue weighted by Gasteiger charge is -2.29. The zero-order chi connectivity index (χ0) is 14.8. The van der Waals surface area contributed by atoms with E-state index in [1.165, 1.54) is 0 Å². The molecule has 0 unspecified atom stereocenters. The highest BCUT2D eigenvalue weighted by Gasteiger charge is 2.30. The van der Waals surface area contributed by atoms with Gasteiger partial charge in [0.1, 0.15) is 5.60 Å². The summed E-state index contributed by atoms with van der Waals surface area (Å²) >= 11 is 0. The summed E-state index contributed by atoms with van der Waals surface area (Å²) in [6.45, 7) is 6.15. The highest BCUT2D eigenvalue weighted by molar-refractivity contribution is 5.35. The molecule has 0 radical (unpaired) electrons. The predicted molar refractivity (Wildman–Crippen MR) is 86.8 cm³/mol. The summed E-state index contributed by atoms with van der Waals surface area (Å²) in [4.78, 5) is 0. The van der Waals surface area contributed by atoms with Crippen LogP contribution in [0.1, 0.15) is 51.2 Å². The van der Waals surface area contributed by atoms with Crippen LogP contribution < -0.4 is 0 Å². The van der Waals surface area contributed by atoms with E-state index in [0.717, 1.165) is 30.4 Å². The first-order valence-electron chi connectivity index (χ1n) is 7.61. The van der Waals surface area contributed by atoms with Crippen molar-refractivity contribution < 1.29 is 5.11 Å². The van der Waals surface area contributed by atoms with Crippen molar-refractivity contribution in [3.63, 3.8) is 0 Å². The molecule has 0 saturated carbocycles. The molecule has 2 aromatic carbocycles. The van der Waals surface area contributed by atoms with Gasteiger partial charge in [0.15, 0.2) is 0 Å². The van der Waals surface area contributed by atoms with Crippen LogP contribution in [0.5, 0.6) is 0 Å². The van der Waals surface area contributed by atoms with Crippen LogP contribution in [0.2, 0.25) is 0 Å². The average Bonchev–Trinajstić information content (AvgIpc) is 2.56. The normalized spacial score (nSPS) is 10.6. The van der Waals surface area contributed by atoms with Gasteiger partial charge in [-0.2, -0.15) is 0 Å². The Hall–Kier alpha value is -1.60. The van der Waals surface area contributed by atoms with Gasteiger partial charge in [-0.15, -0.1) is 0 Å². The average molecular weight is 270 g/mol. The SMILES string of the molecule is CC.CCCCC(O)(c1ccccc1)c1ccccc1. The predicted octanol–water partition coefficient (Wildman–Crippen LogP) is 5.14. The Morgan fingerprint density at radius 3 is 1.55 bits per heavy atom. The molecule has 1 N–H and O–H groups in total. The Balaban J connectivity index is 0.000000956. The molecule has 0 atom stereocenters. The minimum absolute atomic E-state index is 0.761. The third-order valence-electron chi connectivity index (χ3n) is 3.39. The van der Waals surface area contributed by atoms with Crippen LogP contribution >= 0.6 is 0 Å². The van der Waals surface area contributed by atoms with Gasteiger partial charge in [0.05, 0.1) is 0 Å². The second-order valence-electron chi connectivity index (χ2n) is 4.70. The number of hydrogen-bond donors (Lipinski definition) is 1. The first-order chi connectivity index (χ1) is 9.77. The fourth-order valence-electron chi connectivity index (χ4n) is 2.32. The van der Waals surface area contributed by atoms with Crippen molar-refractivity contribution in [1.82, 2.24) is 0 Å². The number of benzene rings is 2. The molecule has 0 spiro atoms. The van der Waals surface area contributed by atoms with Crippen molar-refractivity contribution in [1.29, 1.82) is 0 Å². The van der Waals surface area contributed by atoms with Crippen molar-refractivity contribution in [2.45, 2.75) is 45.6 Å². The van der Waals surface area contributed by atoms with Crippen LogP contribution in [0, 0.1) is 0 Å². The molecular formula is C19H26O. The maximum atomic E-state index is 11.1. The van der Waals surface area contributed by atoms with Crippen LogP contribution in [0.15, 0.2) is 60.7 Å². The number of unbranched alkanes of at least 4 members (excludes halogenated alkanes) is 1. The van der Waals surface area contributed by atoms with Gasteiger partial charge < -0.3 is 5.11 Å². The molecule has 1 heteroatoms. The quantitative estimate of drug-likeness (QED) is 0.797. The van der Waals surface area contributed by atoms with E-state index in [1.54, 1.807) is 0 Å². The van der Waals surface area contributed by atoms with Crippen molar-refractivity contribution in [3.8, 4) is 0 Å². The summed E-state index contributed by atoms with van der Waals surface area (Å²) in [6, 6.07) is 19.9. The Kier molecular flexibility index (Phi) is 7.03. The Labute approximate surface area is 123 Å². The van der Waals surface area contributed by atoms with Crippen molar-refractivity contribution >= 4 is 0 Å². The maximum Gasteiger partial charge on any atom is 0.115 e. The molecule has 0 aromatic heterocycles. The number of hydrogen-bond acceptors (Lipinski definition) is 1. The van der Waals surface area contributed by atoms with Crippen molar-refractivity contribution in [2.24, 2.45) is 0 Å². The molecule has 0 aliphatic carbocycles. The van der Waals surface area contributed by atoms with Crippen LogP contribution in [0.25, 0.3) is 0 Å². The summed E-state index contributed by atoms with van der Waals surface area (Å²) in [7, 11) is 0. The standard InChI is InChI=1S/C17H20O.C2H6/c1-2-3-14-17(18,15-10-6-4-7-11-15)16-12-8-5-9-13-16;1-2/h4-13,18H,2-3,14H2,1H3;1-2H3. The third-order valence-corrected chi connectivity index (χ3v) is 3.39. The second-order valence-corrected chi connectivity index (χ2v) is 4.70. The molecule has 0 aliphatic heterocycles. The van der Waals surface area contributed by atoms with Crippen molar-refractivity contribution in [2.75, 3.05) is 0 Å². The molecule has 0 saturated heterocycles. The lowest BCUT2D eigenvalue weighted by Crippen LogP contribution is -2.27.